The summed E-state index contributed by atoms with van der Waals surface area (Å²) in [6.07, 6.45) is 1.63. The Labute approximate surface area is 192 Å². The molecule has 8 heteroatoms. The van der Waals surface area contributed by atoms with Crippen molar-refractivity contribution in [3.05, 3.63) is 95.0 Å². The van der Waals surface area contributed by atoms with E-state index < -0.39 is 6.04 Å². The zero-order valence-electron chi connectivity index (χ0n) is 18.9. The van der Waals surface area contributed by atoms with Crippen LogP contribution in [0.25, 0.3) is 0 Å². The summed E-state index contributed by atoms with van der Waals surface area (Å²) in [5.74, 6) is 1.10. The van der Waals surface area contributed by atoms with Gasteiger partial charge in [0.15, 0.2) is 5.82 Å². The third-order valence-corrected chi connectivity index (χ3v) is 6.49. The number of piperazine rings is 1. The van der Waals surface area contributed by atoms with Gasteiger partial charge in [0.25, 0.3) is 0 Å². The van der Waals surface area contributed by atoms with Crippen LogP contribution < -0.4 is 4.90 Å². The lowest BCUT2D eigenvalue weighted by Crippen LogP contribution is -2.48. The van der Waals surface area contributed by atoms with Crippen LogP contribution in [0.3, 0.4) is 0 Å². The molecule has 5 rings (SSSR count). The lowest BCUT2D eigenvalue weighted by atomic mass is 10.0. The topological polar surface area (TPSA) is 63.2 Å². The Morgan fingerprint density at radius 2 is 1.79 bits per heavy atom. The minimum Gasteiger partial charge on any atom is -0.467 e. The zero-order chi connectivity index (χ0) is 22.8. The second-order valence-electron chi connectivity index (χ2n) is 8.44. The standard InChI is InChI=1S/C25H27FN6O/c1-18-7-5-11-23(19(18)2)30-12-14-31(15-13-30)24(21-9-3-4-10-22(21)26)25-27-28-29-32(25)17-20-8-6-16-33-20/h3-11,16,24H,12-15,17H2,1-2H3/t24-/m0/s1. The van der Waals surface area contributed by atoms with Gasteiger partial charge in [-0.2, -0.15) is 0 Å². The van der Waals surface area contributed by atoms with Crippen molar-refractivity contribution in [1.29, 1.82) is 0 Å². The Balaban J connectivity index is 1.44. The number of tetrazole rings is 1. The maximum atomic E-state index is 15.0. The minimum atomic E-state index is -0.392. The number of rotatable bonds is 6. The lowest BCUT2D eigenvalue weighted by Gasteiger charge is -2.40. The van der Waals surface area contributed by atoms with Crippen molar-refractivity contribution in [2.24, 2.45) is 0 Å². The summed E-state index contributed by atoms with van der Waals surface area (Å²) in [6, 6.07) is 16.6. The Kier molecular flexibility index (Phi) is 5.92. The summed E-state index contributed by atoms with van der Waals surface area (Å²) in [7, 11) is 0. The molecule has 0 spiro atoms. The third kappa shape index (κ3) is 4.26. The summed E-state index contributed by atoms with van der Waals surface area (Å²) < 4.78 is 22.2. The van der Waals surface area contributed by atoms with Gasteiger partial charge >= 0.3 is 0 Å². The molecule has 4 aromatic rings. The van der Waals surface area contributed by atoms with E-state index in [4.69, 9.17) is 4.42 Å². The van der Waals surface area contributed by atoms with E-state index in [1.54, 1.807) is 17.0 Å². The number of halogens is 1. The van der Waals surface area contributed by atoms with Gasteiger partial charge in [0.05, 0.1) is 6.26 Å². The van der Waals surface area contributed by atoms with Crippen molar-refractivity contribution >= 4 is 5.69 Å². The molecule has 1 atom stereocenters. The van der Waals surface area contributed by atoms with Gasteiger partial charge < -0.3 is 9.32 Å². The predicted octanol–water partition coefficient (Wildman–Crippen LogP) is 3.98. The molecule has 7 nitrogen and oxygen atoms in total. The highest BCUT2D eigenvalue weighted by molar-refractivity contribution is 5.56. The van der Waals surface area contributed by atoms with Crippen LogP contribution in [-0.2, 0) is 6.54 Å². The molecule has 170 valence electrons. The van der Waals surface area contributed by atoms with Crippen molar-refractivity contribution in [3.8, 4) is 0 Å². The molecule has 2 aromatic carbocycles. The Bertz CT molecular complexity index is 1210. The van der Waals surface area contributed by atoms with Crippen molar-refractivity contribution in [1.82, 2.24) is 25.1 Å². The van der Waals surface area contributed by atoms with Crippen LogP contribution in [0, 0.1) is 19.7 Å². The van der Waals surface area contributed by atoms with E-state index in [0.717, 1.165) is 31.9 Å². The predicted molar refractivity (Wildman–Crippen MR) is 124 cm³/mol. The highest BCUT2D eigenvalue weighted by Gasteiger charge is 2.32. The lowest BCUT2D eigenvalue weighted by molar-refractivity contribution is 0.197. The van der Waals surface area contributed by atoms with Gasteiger partial charge in [0.1, 0.15) is 24.2 Å². The first kappa shape index (κ1) is 21.3. The Morgan fingerprint density at radius 1 is 0.970 bits per heavy atom. The van der Waals surface area contributed by atoms with Crippen molar-refractivity contribution in [3.63, 3.8) is 0 Å². The smallest absolute Gasteiger partial charge is 0.173 e. The van der Waals surface area contributed by atoms with Gasteiger partial charge in [-0.25, -0.2) is 9.07 Å². The molecule has 0 unspecified atom stereocenters. The van der Waals surface area contributed by atoms with Crippen molar-refractivity contribution in [2.45, 2.75) is 26.4 Å². The van der Waals surface area contributed by atoms with Crippen LogP contribution in [0.4, 0.5) is 10.1 Å². The molecule has 0 saturated carbocycles. The molecule has 1 aliphatic heterocycles. The van der Waals surface area contributed by atoms with Crippen LogP contribution in [-0.4, -0.2) is 51.3 Å². The number of nitrogens with zero attached hydrogens (tertiary/aromatic N) is 6. The van der Waals surface area contributed by atoms with Crippen LogP contribution in [0.1, 0.15) is 34.3 Å². The number of hydrogen-bond acceptors (Lipinski definition) is 6. The van der Waals surface area contributed by atoms with E-state index in [-0.39, 0.29) is 5.82 Å². The van der Waals surface area contributed by atoms with E-state index in [0.29, 0.717) is 17.9 Å². The largest absolute Gasteiger partial charge is 0.467 e. The highest BCUT2D eigenvalue weighted by Crippen LogP contribution is 2.32. The number of aromatic nitrogens is 4. The monoisotopic (exact) mass is 446 g/mol. The molecular formula is C25H27FN6O. The molecule has 1 fully saturated rings. The fraction of sp³-hybridized carbons (Fsp3) is 0.320. The second-order valence-corrected chi connectivity index (χ2v) is 8.44. The first-order valence-corrected chi connectivity index (χ1v) is 11.2. The first-order chi connectivity index (χ1) is 16.1. The molecule has 1 saturated heterocycles. The van der Waals surface area contributed by atoms with E-state index >= 15 is 4.39 Å². The van der Waals surface area contributed by atoms with Crippen molar-refractivity contribution in [2.75, 3.05) is 31.1 Å². The van der Waals surface area contributed by atoms with Gasteiger partial charge in [0.2, 0.25) is 0 Å². The summed E-state index contributed by atoms with van der Waals surface area (Å²) in [6.45, 7) is 7.91. The number of hydrogen-bond donors (Lipinski definition) is 0. The molecule has 0 aliphatic carbocycles. The molecule has 0 radical (unpaired) electrons. The van der Waals surface area contributed by atoms with Crippen LogP contribution in [0.5, 0.6) is 0 Å². The number of aryl methyl sites for hydroxylation is 1. The fourth-order valence-corrected chi connectivity index (χ4v) is 4.57. The van der Waals surface area contributed by atoms with Crippen LogP contribution in [0.15, 0.2) is 65.3 Å². The second kappa shape index (κ2) is 9.15. The molecule has 2 aromatic heterocycles. The first-order valence-electron chi connectivity index (χ1n) is 11.2. The van der Waals surface area contributed by atoms with E-state index in [9.17, 15) is 0 Å². The van der Waals surface area contributed by atoms with E-state index in [1.807, 2.05) is 24.3 Å². The molecule has 0 N–H and O–H groups in total. The number of furan rings is 1. The summed E-state index contributed by atoms with van der Waals surface area (Å²) in [5, 5.41) is 12.4. The molecular weight excluding hydrogens is 419 g/mol. The van der Waals surface area contributed by atoms with E-state index in [2.05, 4.69) is 57.4 Å². The zero-order valence-corrected chi connectivity index (χ0v) is 18.9. The van der Waals surface area contributed by atoms with Crippen LogP contribution >= 0.6 is 0 Å². The number of anilines is 1. The van der Waals surface area contributed by atoms with Crippen LogP contribution in [0.2, 0.25) is 0 Å². The summed E-state index contributed by atoms with van der Waals surface area (Å²) >= 11 is 0. The molecule has 3 heterocycles. The van der Waals surface area contributed by atoms with E-state index in [1.165, 1.54) is 22.9 Å². The normalized spacial score (nSPS) is 15.7. The number of benzene rings is 2. The summed E-state index contributed by atoms with van der Waals surface area (Å²) in [5.41, 5.74) is 4.43. The Hall–Kier alpha value is -3.52. The molecule has 33 heavy (non-hydrogen) atoms. The average molecular weight is 447 g/mol. The molecule has 0 amide bonds. The van der Waals surface area contributed by atoms with Crippen molar-refractivity contribution < 1.29 is 8.81 Å². The highest BCUT2D eigenvalue weighted by atomic mass is 19.1. The summed E-state index contributed by atoms with van der Waals surface area (Å²) in [4.78, 5) is 4.67. The van der Waals surface area contributed by atoms with Gasteiger partial charge in [-0.15, -0.1) is 5.10 Å². The molecule has 1 aliphatic rings. The van der Waals surface area contributed by atoms with Gasteiger partial charge in [-0.05, 0) is 59.7 Å². The molecule has 0 bridgehead atoms. The van der Waals surface area contributed by atoms with Gasteiger partial charge in [-0.1, -0.05) is 30.3 Å². The van der Waals surface area contributed by atoms with Gasteiger partial charge in [0, 0.05) is 37.4 Å². The maximum Gasteiger partial charge on any atom is 0.173 e. The Morgan fingerprint density at radius 3 is 2.55 bits per heavy atom. The van der Waals surface area contributed by atoms with Gasteiger partial charge in [-0.3, -0.25) is 4.90 Å². The maximum absolute atomic E-state index is 15.0. The average Bonchev–Trinajstić information content (AvgIpc) is 3.51. The third-order valence-electron chi connectivity index (χ3n) is 6.49. The SMILES string of the molecule is Cc1cccc(N2CCN([C@@H](c3ccccc3F)c3nnnn3Cc3ccco3)CC2)c1C. The quantitative estimate of drug-likeness (QED) is 0.446. The minimum absolute atomic E-state index is 0.257. The fourth-order valence-electron chi connectivity index (χ4n) is 4.57.